The standard InChI is InChI=1S/C15H13F4NO2S2/c16-11-4-2-1-3-10(11)9-23-6-5-20-24(21,22)15-8-13(18)12(17)7-14(15)19/h1-4,7-8,20H,5-6,9H2. The van der Waals surface area contributed by atoms with Crippen LogP contribution in [0.2, 0.25) is 0 Å². The summed E-state index contributed by atoms with van der Waals surface area (Å²) in [5, 5.41) is 0. The molecule has 3 nitrogen and oxygen atoms in total. The van der Waals surface area contributed by atoms with Crippen LogP contribution in [0.1, 0.15) is 5.56 Å². The first-order valence-corrected chi connectivity index (χ1v) is 9.40. The van der Waals surface area contributed by atoms with Crippen molar-refractivity contribution in [3.8, 4) is 0 Å². The Balaban J connectivity index is 1.90. The van der Waals surface area contributed by atoms with Crippen LogP contribution in [0.25, 0.3) is 0 Å². The van der Waals surface area contributed by atoms with Gasteiger partial charge in [-0.15, -0.1) is 0 Å². The molecule has 0 aliphatic heterocycles. The van der Waals surface area contributed by atoms with Gasteiger partial charge in [0, 0.05) is 24.1 Å². The topological polar surface area (TPSA) is 46.2 Å². The number of benzene rings is 2. The lowest BCUT2D eigenvalue weighted by molar-refractivity contribution is 0.481. The molecule has 0 saturated carbocycles. The molecule has 2 aromatic rings. The fourth-order valence-electron chi connectivity index (χ4n) is 1.83. The van der Waals surface area contributed by atoms with E-state index in [2.05, 4.69) is 4.72 Å². The fourth-order valence-corrected chi connectivity index (χ4v) is 3.91. The molecule has 0 bridgehead atoms. The zero-order valence-corrected chi connectivity index (χ0v) is 13.9. The minimum atomic E-state index is -4.30. The van der Waals surface area contributed by atoms with E-state index in [-0.39, 0.29) is 18.4 Å². The molecule has 2 rings (SSSR count). The third kappa shape index (κ3) is 4.71. The summed E-state index contributed by atoms with van der Waals surface area (Å²) in [5.74, 6) is -4.01. The van der Waals surface area contributed by atoms with Gasteiger partial charge >= 0.3 is 0 Å². The summed E-state index contributed by atoms with van der Waals surface area (Å²) in [5.41, 5.74) is 0.483. The first-order chi connectivity index (χ1) is 11.3. The number of thioether (sulfide) groups is 1. The Kier molecular flexibility index (Phi) is 6.25. The van der Waals surface area contributed by atoms with E-state index in [1.54, 1.807) is 18.2 Å². The van der Waals surface area contributed by atoms with E-state index in [1.807, 2.05) is 0 Å². The monoisotopic (exact) mass is 379 g/mol. The normalized spacial score (nSPS) is 11.7. The summed E-state index contributed by atoms with van der Waals surface area (Å²) >= 11 is 1.27. The molecule has 130 valence electrons. The molecule has 0 atom stereocenters. The zero-order chi connectivity index (χ0) is 17.7. The highest BCUT2D eigenvalue weighted by molar-refractivity contribution is 7.98. The summed E-state index contributed by atoms with van der Waals surface area (Å²) in [6, 6.07) is 6.66. The van der Waals surface area contributed by atoms with Crippen molar-refractivity contribution in [1.82, 2.24) is 4.72 Å². The molecule has 0 amide bonds. The second-order valence-electron chi connectivity index (χ2n) is 4.74. The van der Waals surface area contributed by atoms with Crippen molar-refractivity contribution in [3.63, 3.8) is 0 Å². The van der Waals surface area contributed by atoms with Crippen molar-refractivity contribution in [2.75, 3.05) is 12.3 Å². The van der Waals surface area contributed by atoms with Gasteiger partial charge in [0.25, 0.3) is 0 Å². The van der Waals surface area contributed by atoms with Gasteiger partial charge in [0.2, 0.25) is 10.0 Å². The number of hydrogen-bond donors (Lipinski definition) is 1. The van der Waals surface area contributed by atoms with Crippen LogP contribution in [-0.4, -0.2) is 20.7 Å². The number of nitrogens with one attached hydrogen (secondary N) is 1. The van der Waals surface area contributed by atoms with Crippen LogP contribution < -0.4 is 4.72 Å². The van der Waals surface area contributed by atoms with Gasteiger partial charge in [-0.3, -0.25) is 0 Å². The summed E-state index contributed by atoms with van der Waals surface area (Å²) in [6.07, 6.45) is 0. The largest absolute Gasteiger partial charge is 0.243 e. The molecule has 2 aromatic carbocycles. The van der Waals surface area contributed by atoms with Gasteiger partial charge in [0.05, 0.1) is 0 Å². The van der Waals surface area contributed by atoms with Crippen LogP contribution in [0.3, 0.4) is 0 Å². The highest BCUT2D eigenvalue weighted by atomic mass is 32.2. The number of sulfonamides is 1. The molecule has 0 aromatic heterocycles. The molecule has 0 unspecified atom stereocenters. The van der Waals surface area contributed by atoms with E-state index in [4.69, 9.17) is 0 Å². The van der Waals surface area contributed by atoms with Crippen LogP contribution in [0.4, 0.5) is 17.6 Å². The second kappa shape index (κ2) is 8.00. The van der Waals surface area contributed by atoms with Crippen molar-refractivity contribution in [2.24, 2.45) is 0 Å². The predicted molar refractivity (Wildman–Crippen MR) is 84.1 cm³/mol. The summed E-state index contributed by atoms with van der Waals surface area (Å²) in [7, 11) is -4.30. The fraction of sp³-hybridized carbons (Fsp3) is 0.200. The predicted octanol–water partition coefficient (Wildman–Crippen LogP) is 3.45. The molecule has 0 saturated heterocycles. The molecule has 0 radical (unpaired) electrons. The lowest BCUT2D eigenvalue weighted by Gasteiger charge is -2.08. The number of halogens is 4. The Labute approximate surface area is 141 Å². The maximum Gasteiger partial charge on any atom is 0.243 e. The van der Waals surface area contributed by atoms with Crippen LogP contribution in [0, 0.1) is 23.3 Å². The van der Waals surface area contributed by atoms with Crippen LogP contribution in [0.15, 0.2) is 41.3 Å². The van der Waals surface area contributed by atoms with Gasteiger partial charge in [0.15, 0.2) is 11.6 Å². The van der Waals surface area contributed by atoms with Gasteiger partial charge in [-0.2, -0.15) is 11.8 Å². The highest BCUT2D eigenvalue weighted by Crippen LogP contribution is 2.19. The minimum absolute atomic E-state index is 0.0696. The first kappa shape index (κ1) is 18.8. The van der Waals surface area contributed by atoms with Crippen molar-refractivity contribution < 1.29 is 26.0 Å². The molecule has 0 aliphatic rings. The van der Waals surface area contributed by atoms with Crippen molar-refractivity contribution in [2.45, 2.75) is 10.6 Å². The Bertz CT molecular complexity index is 828. The lowest BCUT2D eigenvalue weighted by Crippen LogP contribution is -2.27. The van der Waals surface area contributed by atoms with E-state index in [9.17, 15) is 26.0 Å². The summed E-state index contributed by atoms with van der Waals surface area (Å²) in [6.45, 7) is -0.0696. The molecule has 0 fully saturated rings. The van der Waals surface area contributed by atoms with Gasteiger partial charge < -0.3 is 0 Å². The first-order valence-electron chi connectivity index (χ1n) is 6.76. The lowest BCUT2D eigenvalue weighted by atomic mass is 10.2. The van der Waals surface area contributed by atoms with Crippen LogP contribution >= 0.6 is 11.8 Å². The zero-order valence-electron chi connectivity index (χ0n) is 12.2. The Morgan fingerprint density at radius 1 is 0.917 bits per heavy atom. The maximum absolute atomic E-state index is 13.5. The quantitative estimate of drug-likeness (QED) is 0.455. The summed E-state index contributed by atoms with van der Waals surface area (Å²) < 4.78 is 78.7. The molecular formula is C15H13F4NO2S2. The third-order valence-electron chi connectivity index (χ3n) is 3.02. The summed E-state index contributed by atoms with van der Waals surface area (Å²) in [4.78, 5) is -0.958. The van der Waals surface area contributed by atoms with E-state index in [0.717, 1.165) is 0 Å². The van der Waals surface area contributed by atoms with E-state index in [0.29, 0.717) is 23.1 Å². The Morgan fingerprint density at radius 2 is 1.58 bits per heavy atom. The number of rotatable bonds is 7. The molecule has 0 spiro atoms. The number of hydrogen-bond acceptors (Lipinski definition) is 3. The van der Waals surface area contributed by atoms with Crippen molar-refractivity contribution in [1.29, 1.82) is 0 Å². The smallest absolute Gasteiger partial charge is 0.210 e. The maximum atomic E-state index is 13.5. The molecule has 9 heteroatoms. The van der Waals surface area contributed by atoms with E-state index >= 15 is 0 Å². The molecule has 0 heterocycles. The Morgan fingerprint density at radius 3 is 2.29 bits per heavy atom. The van der Waals surface area contributed by atoms with Gasteiger partial charge in [0.1, 0.15) is 16.5 Å². The average molecular weight is 379 g/mol. The average Bonchev–Trinajstić information content (AvgIpc) is 2.52. The van der Waals surface area contributed by atoms with Crippen LogP contribution in [0.5, 0.6) is 0 Å². The SMILES string of the molecule is O=S(=O)(NCCSCc1ccccc1F)c1cc(F)c(F)cc1F. The van der Waals surface area contributed by atoms with Crippen molar-refractivity contribution >= 4 is 21.8 Å². The minimum Gasteiger partial charge on any atom is -0.210 e. The second-order valence-corrected chi connectivity index (χ2v) is 7.58. The van der Waals surface area contributed by atoms with Crippen LogP contribution in [-0.2, 0) is 15.8 Å². The Hall–Kier alpha value is -1.58. The van der Waals surface area contributed by atoms with E-state index in [1.165, 1.54) is 17.8 Å². The molecule has 1 N–H and O–H groups in total. The van der Waals surface area contributed by atoms with Crippen molar-refractivity contribution in [3.05, 3.63) is 65.2 Å². The van der Waals surface area contributed by atoms with Gasteiger partial charge in [-0.05, 0) is 17.7 Å². The van der Waals surface area contributed by atoms with Gasteiger partial charge in [-0.1, -0.05) is 18.2 Å². The molecule has 0 aliphatic carbocycles. The highest BCUT2D eigenvalue weighted by Gasteiger charge is 2.21. The third-order valence-corrected chi connectivity index (χ3v) is 5.50. The molecular weight excluding hydrogens is 366 g/mol. The molecule has 24 heavy (non-hydrogen) atoms. The van der Waals surface area contributed by atoms with Gasteiger partial charge in [-0.25, -0.2) is 30.7 Å². The van der Waals surface area contributed by atoms with E-state index < -0.39 is 32.4 Å².